The molecular weight excluding hydrogens is 356 g/mol. The molecule has 23 heavy (non-hydrogen) atoms. The van der Waals surface area contributed by atoms with Crippen LogP contribution in [0.2, 0.25) is 0 Å². The second-order valence-corrected chi connectivity index (χ2v) is 6.11. The van der Waals surface area contributed by atoms with Crippen molar-refractivity contribution in [3.05, 3.63) is 63.6 Å². The van der Waals surface area contributed by atoms with Crippen LogP contribution in [0.15, 0.2) is 46.9 Å². The predicted octanol–water partition coefficient (Wildman–Crippen LogP) is 4.15. The van der Waals surface area contributed by atoms with Gasteiger partial charge in [0.05, 0.1) is 0 Å². The fourth-order valence-corrected chi connectivity index (χ4v) is 2.36. The fraction of sp³-hybridized carbons (Fsp3) is 0.222. The molecule has 0 aliphatic rings. The smallest absolute Gasteiger partial charge is 0.255 e. The predicted molar refractivity (Wildman–Crippen MR) is 95.9 cm³/mol. The quantitative estimate of drug-likeness (QED) is 0.825. The van der Waals surface area contributed by atoms with Gasteiger partial charge in [-0.15, -0.1) is 0 Å². The molecule has 2 aromatic rings. The van der Waals surface area contributed by atoms with Crippen molar-refractivity contribution < 1.29 is 9.59 Å². The number of benzene rings is 2. The van der Waals surface area contributed by atoms with Crippen LogP contribution < -0.4 is 10.6 Å². The molecule has 120 valence electrons. The first-order valence-electron chi connectivity index (χ1n) is 7.47. The Morgan fingerprint density at radius 2 is 1.65 bits per heavy atom. The summed E-state index contributed by atoms with van der Waals surface area (Å²) in [6.07, 6.45) is 0.895. The van der Waals surface area contributed by atoms with E-state index in [1.54, 1.807) is 36.4 Å². The molecule has 0 heterocycles. The van der Waals surface area contributed by atoms with Gasteiger partial charge in [-0.25, -0.2) is 0 Å². The van der Waals surface area contributed by atoms with E-state index < -0.39 is 0 Å². The van der Waals surface area contributed by atoms with E-state index >= 15 is 0 Å². The van der Waals surface area contributed by atoms with Crippen LogP contribution in [0.1, 0.15) is 39.6 Å². The molecule has 0 saturated carbocycles. The normalized spacial score (nSPS) is 10.2. The minimum Gasteiger partial charge on any atom is -0.352 e. The Morgan fingerprint density at radius 3 is 2.26 bits per heavy atom. The Hall–Kier alpha value is -2.14. The molecule has 2 amide bonds. The SMILES string of the molecule is CCCNC(=O)c1ccc(NC(=O)c2ccc(C)c(Br)c2)cc1. The average molecular weight is 375 g/mol. The number of carbonyl (C=O) groups is 2. The first kappa shape index (κ1) is 17.2. The van der Waals surface area contributed by atoms with Gasteiger partial charge in [0, 0.05) is 27.8 Å². The van der Waals surface area contributed by atoms with Gasteiger partial charge in [0.2, 0.25) is 0 Å². The van der Waals surface area contributed by atoms with Crippen molar-refractivity contribution in [2.45, 2.75) is 20.3 Å². The van der Waals surface area contributed by atoms with Gasteiger partial charge in [0.15, 0.2) is 0 Å². The number of aryl methyl sites for hydroxylation is 1. The van der Waals surface area contributed by atoms with Crippen molar-refractivity contribution >= 4 is 33.4 Å². The Bertz CT molecular complexity index is 711. The average Bonchev–Trinajstić information content (AvgIpc) is 2.55. The largest absolute Gasteiger partial charge is 0.352 e. The number of amides is 2. The molecule has 2 N–H and O–H groups in total. The van der Waals surface area contributed by atoms with E-state index in [0.29, 0.717) is 23.4 Å². The number of anilines is 1. The maximum absolute atomic E-state index is 12.2. The molecule has 0 aliphatic heterocycles. The summed E-state index contributed by atoms with van der Waals surface area (Å²) in [5, 5.41) is 5.64. The standard InChI is InChI=1S/C18H19BrN2O2/c1-3-10-20-17(22)13-6-8-15(9-7-13)21-18(23)14-5-4-12(2)16(19)11-14/h4-9,11H,3,10H2,1-2H3,(H,20,22)(H,21,23). The zero-order chi connectivity index (χ0) is 16.8. The van der Waals surface area contributed by atoms with E-state index in [2.05, 4.69) is 26.6 Å². The van der Waals surface area contributed by atoms with Crippen LogP contribution in [0.25, 0.3) is 0 Å². The van der Waals surface area contributed by atoms with Gasteiger partial charge in [0.1, 0.15) is 0 Å². The van der Waals surface area contributed by atoms with Gasteiger partial charge >= 0.3 is 0 Å². The van der Waals surface area contributed by atoms with E-state index in [9.17, 15) is 9.59 Å². The fourth-order valence-electron chi connectivity index (χ4n) is 1.98. The van der Waals surface area contributed by atoms with E-state index in [1.807, 2.05) is 19.9 Å². The lowest BCUT2D eigenvalue weighted by Gasteiger charge is -2.08. The van der Waals surface area contributed by atoms with Crippen LogP contribution in [0.3, 0.4) is 0 Å². The number of halogens is 1. The van der Waals surface area contributed by atoms with Gasteiger partial charge in [-0.3, -0.25) is 9.59 Å². The van der Waals surface area contributed by atoms with Crippen LogP contribution in [0.4, 0.5) is 5.69 Å². The van der Waals surface area contributed by atoms with Crippen molar-refractivity contribution in [3.63, 3.8) is 0 Å². The molecule has 0 aromatic heterocycles. The van der Waals surface area contributed by atoms with E-state index in [0.717, 1.165) is 16.5 Å². The van der Waals surface area contributed by atoms with Gasteiger partial charge in [-0.1, -0.05) is 28.9 Å². The highest BCUT2D eigenvalue weighted by molar-refractivity contribution is 9.10. The minimum atomic E-state index is -0.186. The lowest BCUT2D eigenvalue weighted by atomic mass is 10.1. The summed E-state index contributed by atoms with van der Waals surface area (Å²) in [5.41, 5.74) is 2.88. The van der Waals surface area contributed by atoms with Crippen molar-refractivity contribution in [1.29, 1.82) is 0 Å². The lowest BCUT2D eigenvalue weighted by Crippen LogP contribution is -2.23. The Morgan fingerprint density at radius 1 is 1.00 bits per heavy atom. The van der Waals surface area contributed by atoms with Crippen LogP contribution in [0, 0.1) is 6.92 Å². The highest BCUT2D eigenvalue weighted by Gasteiger charge is 2.09. The minimum absolute atomic E-state index is 0.104. The third kappa shape index (κ3) is 4.66. The second-order valence-electron chi connectivity index (χ2n) is 5.25. The first-order valence-corrected chi connectivity index (χ1v) is 8.26. The summed E-state index contributed by atoms with van der Waals surface area (Å²) in [7, 11) is 0. The molecule has 0 aliphatic carbocycles. The van der Waals surface area contributed by atoms with Crippen LogP contribution in [-0.4, -0.2) is 18.4 Å². The van der Waals surface area contributed by atoms with E-state index in [4.69, 9.17) is 0 Å². The lowest BCUT2D eigenvalue weighted by molar-refractivity contribution is 0.0953. The summed E-state index contributed by atoms with van der Waals surface area (Å²) >= 11 is 3.42. The molecule has 2 rings (SSSR count). The molecule has 0 atom stereocenters. The monoisotopic (exact) mass is 374 g/mol. The Kier molecular flexibility index (Phi) is 5.93. The Labute approximate surface area is 144 Å². The molecule has 2 aromatic carbocycles. The highest BCUT2D eigenvalue weighted by atomic mass is 79.9. The first-order chi connectivity index (χ1) is 11.0. The summed E-state index contributed by atoms with van der Waals surface area (Å²) in [4.78, 5) is 24.1. The molecule has 5 heteroatoms. The topological polar surface area (TPSA) is 58.2 Å². The van der Waals surface area contributed by atoms with Gasteiger partial charge in [-0.2, -0.15) is 0 Å². The summed E-state index contributed by atoms with van der Waals surface area (Å²) in [6, 6.07) is 12.3. The third-order valence-corrected chi connectivity index (χ3v) is 4.23. The molecule has 0 fully saturated rings. The summed E-state index contributed by atoms with van der Waals surface area (Å²) in [6.45, 7) is 4.62. The van der Waals surface area contributed by atoms with E-state index in [1.165, 1.54) is 0 Å². The second kappa shape index (κ2) is 7.92. The van der Waals surface area contributed by atoms with Crippen molar-refractivity contribution in [2.75, 3.05) is 11.9 Å². The number of nitrogens with one attached hydrogen (secondary N) is 2. The number of carbonyl (C=O) groups excluding carboxylic acids is 2. The summed E-state index contributed by atoms with van der Waals surface area (Å²) in [5.74, 6) is -0.291. The number of hydrogen-bond donors (Lipinski definition) is 2. The number of rotatable bonds is 5. The zero-order valence-corrected chi connectivity index (χ0v) is 14.7. The van der Waals surface area contributed by atoms with E-state index in [-0.39, 0.29) is 11.8 Å². The van der Waals surface area contributed by atoms with Gasteiger partial charge in [0.25, 0.3) is 11.8 Å². The van der Waals surface area contributed by atoms with Crippen LogP contribution in [-0.2, 0) is 0 Å². The van der Waals surface area contributed by atoms with Crippen LogP contribution in [0.5, 0.6) is 0 Å². The molecule has 0 saturated heterocycles. The molecule has 0 spiro atoms. The van der Waals surface area contributed by atoms with Crippen molar-refractivity contribution in [1.82, 2.24) is 5.32 Å². The molecule has 4 nitrogen and oxygen atoms in total. The maximum Gasteiger partial charge on any atom is 0.255 e. The zero-order valence-electron chi connectivity index (χ0n) is 13.2. The molecular formula is C18H19BrN2O2. The molecule has 0 bridgehead atoms. The molecule has 0 unspecified atom stereocenters. The highest BCUT2D eigenvalue weighted by Crippen LogP contribution is 2.18. The van der Waals surface area contributed by atoms with Crippen LogP contribution >= 0.6 is 15.9 Å². The van der Waals surface area contributed by atoms with Crippen molar-refractivity contribution in [3.8, 4) is 0 Å². The maximum atomic E-state index is 12.2. The van der Waals surface area contributed by atoms with Gasteiger partial charge < -0.3 is 10.6 Å². The third-order valence-electron chi connectivity index (χ3n) is 3.37. The number of hydrogen-bond acceptors (Lipinski definition) is 2. The summed E-state index contributed by atoms with van der Waals surface area (Å²) < 4.78 is 0.896. The van der Waals surface area contributed by atoms with Gasteiger partial charge in [-0.05, 0) is 55.3 Å². The van der Waals surface area contributed by atoms with Crippen molar-refractivity contribution in [2.24, 2.45) is 0 Å². The Balaban J connectivity index is 2.04. The molecule has 0 radical (unpaired) electrons.